The van der Waals surface area contributed by atoms with Gasteiger partial charge in [-0.15, -0.1) is 0 Å². The fourth-order valence-electron chi connectivity index (χ4n) is 1.64. The van der Waals surface area contributed by atoms with Crippen LogP contribution in [0.5, 0.6) is 0 Å². The molecule has 1 aromatic rings. The molecule has 1 aliphatic heterocycles. The van der Waals surface area contributed by atoms with Crippen LogP contribution in [0.4, 0.5) is 5.69 Å². The molecule has 0 radical (unpaired) electrons. The van der Waals surface area contributed by atoms with E-state index in [1.165, 1.54) is 11.8 Å². The van der Waals surface area contributed by atoms with Crippen molar-refractivity contribution in [1.29, 1.82) is 0 Å². The molecule has 0 bridgehead atoms. The highest BCUT2D eigenvalue weighted by Crippen LogP contribution is 2.27. The Labute approximate surface area is 98.9 Å². The minimum absolute atomic E-state index is 0.209. The second-order valence-electron chi connectivity index (χ2n) is 3.66. The van der Waals surface area contributed by atoms with E-state index in [1.807, 2.05) is 35.6 Å². The Morgan fingerprint density at radius 1 is 1.44 bits per heavy atom. The molecule has 0 saturated carbocycles. The van der Waals surface area contributed by atoms with Gasteiger partial charge in [0.25, 0.3) is 0 Å². The summed E-state index contributed by atoms with van der Waals surface area (Å²) in [6.45, 7) is 1.95. The van der Waals surface area contributed by atoms with Crippen LogP contribution in [-0.2, 0) is 0 Å². The molecule has 6 heteroatoms. The van der Waals surface area contributed by atoms with Gasteiger partial charge >= 0.3 is 7.12 Å². The third-order valence-corrected chi connectivity index (χ3v) is 3.24. The first-order chi connectivity index (χ1) is 7.59. The molecular formula is C10H13BN2O2S. The molecule has 4 N–H and O–H groups in total. The number of rotatable bonds is 2. The van der Waals surface area contributed by atoms with E-state index in [2.05, 4.69) is 0 Å². The maximum Gasteiger partial charge on any atom is 0.490 e. The molecule has 16 heavy (non-hydrogen) atoms. The smallest absolute Gasteiger partial charge is 0.423 e. The van der Waals surface area contributed by atoms with E-state index >= 15 is 0 Å². The maximum absolute atomic E-state index is 9.30. The normalized spacial score (nSPS) is 19.2. The Hall–Kier alpha value is -0.945. The van der Waals surface area contributed by atoms with Crippen LogP contribution in [0.3, 0.4) is 0 Å². The van der Waals surface area contributed by atoms with Gasteiger partial charge in [-0.05, 0) is 24.0 Å². The van der Waals surface area contributed by atoms with Gasteiger partial charge in [0.05, 0.1) is 0 Å². The number of aryl methyl sites for hydroxylation is 1. The van der Waals surface area contributed by atoms with Gasteiger partial charge in [0.2, 0.25) is 0 Å². The highest BCUT2D eigenvalue weighted by Gasteiger charge is 2.24. The van der Waals surface area contributed by atoms with Crippen molar-refractivity contribution in [2.24, 2.45) is 5.73 Å². The van der Waals surface area contributed by atoms with Gasteiger partial charge in [-0.2, -0.15) is 0 Å². The number of hydrogen-bond donors (Lipinski definition) is 3. The summed E-state index contributed by atoms with van der Waals surface area (Å²) in [7, 11) is -1.48. The highest BCUT2D eigenvalue weighted by atomic mass is 32.2. The molecule has 0 amide bonds. The van der Waals surface area contributed by atoms with Gasteiger partial charge in [0.15, 0.2) is 0 Å². The molecule has 0 saturated heterocycles. The van der Waals surface area contributed by atoms with E-state index in [1.54, 1.807) is 6.07 Å². The standard InChI is InChI=1S/C10H13BN2O2S/c1-7-2-3-8(11(14)15)9(6-7)13-4-5-16-10(13)12/h2-6,10,14-15H,12H2,1H3. The predicted octanol–water partition coefficient (Wildman–Crippen LogP) is -0.0585. The summed E-state index contributed by atoms with van der Waals surface area (Å²) >= 11 is 1.49. The third kappa shape index (κ3) is 2.10. The topological polar surface area (TPSA) is 69.7 Å². The number of nitrogens with two attached hydrogens (primary N) is 1. The Morgan fingerprint density at radius 3 is 2.75 bits per heavy atom. The molecule has 0 aliphatic carbocycles. The second kappa shape index (κ2) is 4.51. The Bertz CT molecular complexity index is 425. The average molecular weight is 236 g/mol. The third-order valence-electron chi connectivity index (χ3n) is 2.46. The van der Waals surface area contributed by atoms with Crippen LogP contribution >= 0.6 is 11.8 Å². The first-order valence-electron chi connectivity index (χ1n) is 4.92. The van der Waals surface area contributed by atoms with E-state index in [0.717, 1.165) is 11.3 Å². The number of benzene rings is 1. The first kappa shape index (κ1) is 11.5. The molecule has 1 aromatic carbocycles. The van der Waals surface area contributed by atoms with Crippen molar-refractivity contribution in [3.05, 3.63) is 35.4 Å². The molecule has 0 spiro atoms. The molecule has 0 fully saturated rings. The van der Waals surface area contributed by atoms with Gasteiger partial charge < -0.3 is 20.7 Å². The Morgan fingerprint density at radius 2 is 2.19 bits per heavy atom. The lowest BCUT2D eigenvalue weighted by Crippen LogP contribution is -2.40. The van der Waals surface area contributed by atoms with Gasteiger partial charge in [-0.1, -0.05) is 23.9 Å². The summed E-state index contributed by atoms with van der Waals surface area (Å²) in [6, 6.07) is 5.44. The van der Waals surface area contributed by atoms with Crippen LogP contribution < -0.4 is 16.1 Å². The molecule has 0 aromatic heterocycles. The van der Waals surface area contributed by atoms with E-state index in [0.29, 0.717) is 5.46 Å². The van der Waals surface area contributed by atoms with Crippen LogP contribution in [0.25, 0.3) is 0 Å². The van der Waals surface area contributed by atoms with Crippen molar-refractivity contribution in [2.45, 2.75) is 12.4 Å². The largest absolute Gasteiger partial charge is 0.490 e. The molecular weight excluding hydrogens is 223 g/mol. The lowest BCUT2D eigenvalue weighted by atomic mass is 9.78. The summed E-state index contributed by atoms with van der Waals surface area (Å²) in [5.41, 5.74) is 7.94. The SMILES string of the molecule is Cc1ccc(B(O)O)c(N2C=CSC2N)c1. The summed E-state index contributed by atoms with van der Waals surface area (Å²) < 4.78 is 0. The number of nitrogens with zero attached hydrogens (tertiary/aromatic N) is 1. The van der Waals surface area contributed by atoms with Crippen molar-refractivity contribution in [3.63, 3.8) is 0 Å². The average Bonchev–Trinajstić information content (AvgIpc) is 2.63. The van der Waals surface area contributed by atoms with Crippen molar-refractivity contribution in [2.75, 3.05) is 4.90 Å². The molecule has 4 nitrogen and oxygen atoms in total. The zero-order chi connectivity index (χ0) is 11.7. The first-order valence-corrected chi connectivity index (χ1v) is 5.86. The molecule has 84 valence electrons. The van der Waals surface area contributed by atoms with Crippen molar-refractivity contribution < 1.29 is 10.0 Å². The quantitative estimate of drug-likeness (QED) is 0.627. The van der Waals surface area contributed by atoms with Crippen molar-refractivity contribution in [1.82, 2.24) is 0 Å². The van der Waals surface area contributed by atoms with Gasteiger partial charge in [-0.25, -0.2) is 0 Å². The Kier molecular flexibility index (Phi) is 3.25. The van der Waals surface area contributed by atoms with E-state index in [4.69, 9.17) is 5.73 Å². The Balaban J connectivity index is 2.45. The van der Waals surface area contributed by atoms with Crippen LogP contribution in [0.2, 0.25) is 0 Å². The highest BCUT2D eigenvalue weighted by molar-refractivity contribution is 8.03. The summed E-state index contributed by atoms with van der Waals surface area (Å²) in [4.78, 5) is 1.83. The maximum atomic E-state index is 9.30. The lowest BCUT2D eigenvalue weighted by molar-refractivity contribution is 0.426. The minimum atomic E-state index is -1.48. The fraction of sp³-hybridized carbons (Fsp3) is 0.200. The second-order valence-corrected chi connectivity index (χ2v) is 4.68. The van der Waals surface area contributed by atoms with Crippen LogP contribution in [-0.4, -0.2) is 22.7 Å². The predicted molar refractivity (Wildman–Crippen MR) is 68.2 cm³/mol. The fourth-order valence-corrected chi connectivity index (χ4v) is 2.32. The van der Waals surface area contributed by atoms with E-state index in [-0.39, 0.29) is 5.50 Å². The van der Waals surface area contributed by atoms with Crippen molar-refractivity contribution >= 4 is 30.0 Å². The zero-order valence-electron chi connectivity index (χ0n) is 8.87. The monoisotopic (exact) mass is 236 g/mol. The van der Waals surface area contributed by atoms with Crippen molar-refractivity contribution in [3.8, 4) is 0 Å². The van der Waals surface area contributed by atoms with Crippen LogP contribution in [0, 0.1) is 6.92 Å². The zero-order valence-corrected chi connectivity index (χ0v) is 9.69. The molecule has 1 aliphatic rings. The molecule has 1 unspecified atom stereocenters. The molecule has 1 atom stereocenters. The summed E-state index contributed by atoms with van der Waals surface area (Å²) in [5, 5.41) is 20.5. The van der Waals surface area contributed by atoms with Crippen LogP contribution in [0.15, 0.2) is 29.8 Å². The minimum Gasteiger partial charge on any atom is -0.423 e. The lowest BCUT2D eigenvalue weighted by Gasteiger charge is -2.24. The van der Waals surface area contributed by atoms with E-state index < -0.39 is 7.12 Å². The molecule has 1 heterocycles. The summed E-state index contributed by atoms with van der Waals surface area (Å²) in [6.07, 6.45) is 1.84. The van der Waals surface area contributed by atoms with Gasteiger partial charge in [-0.3, -0.25) is 0 Å². The van der Waals surface area contributed by atoms with Crippen LogP contribution in [0.1, 0.15) is 5.56 Å². The molecule has 2 rings (SSSR count). The van der Waals surface area contributed by atoms with Gasteiger partial charge in [0.1, 0.15) is 5.50 Å². The number of thioether (sulfide) groups is 1. The summed E-state index contributed by atoms with van der Waals surface area (Å²) in [5.74, 6) is 0. The number of hydrogen-bond acceptors (Lipinski definition) is 5. The van der Waals surface area contributed by atoms with Gasteiger partial charge in [0, 0.05) is 17.4 Å². The number of anilines is 1. The van der Waals surface area contributed by atoms with E-state index in [9.17, 15) is 10.0 Å².